The van der Waals surface area contributed by atoms with Crippen LogP contribution in [0.3, 0.4) is 0 Å². The van der Waals surface area contributed by atoms with Crippen molar-refractivity contribution in [2.75, 3.05) is 19.7 Å². The van der Waals surface area contributed by atoms with Crippen LogP contribution < -0.4 is 5.32 Å². The first-order chi connectivity index (χ1) is 6.41. The molecule has 0 spiro atoms. The third-order valence-electron chi connectivity index (χ3n) is 2.25. The van der Waals surface area contributed by atoms with E-state index in [0.717, 1.165) is 13.1 Å². The Hall–Kier alpha value is 0.137. The number of hydrogen-bond acceptors (Lipinski definition) is 2. The van der Waals surface area contributed by atoms with Crippen LogP contribution in [0.2, 0.25) is 12.1 Å². The Labute approximate surface area is 84.9 Å². The lowest BCUT2D eigenvalue weighted by Gasteiger charge is -2.02. The SMILES string of the molecule is CC[SiH2]CCCCCCNCCO. The Kier molecular flexibility index (Phi) is 12.3. The lowest BCUT2D eigenvalue weighted by molar-refractivity contribution is 0.292. The maximum Gasteiger partial charge on any atom is 0.0555 e. The summed E-state index contributed by atoms with van der Waals surface area (Å²) in [5, 5.41) is 11.7. The molecule has 0 aromatic heterocycles. The highest BCUT2D eigenvalue weighted by Crippen LogP contribution is 2.02. The predicted octanol–water partition coefficient (Wildman–Crippen LogP) is 1.15. The van der Waals surface area contributed by atoms with Crippen LogP contribution in [-0.2, 0) is 0 Å². The van der Waals surface area contributed by atoms with Gasteiger partial charge in [-0.1, -0.05) is 38.3 Å². The topological polar surface area (TPSA) is 32.3 Å². The zero-order valence-electron chi connectivity index (χ0n) is 9.02. The molecule has 0 aromatic rings. The van der Waals surface area contributed by atoms with Crippen molar-refractivity contribution < 1.29 is 5.11 Å². The van der Waals surface area contributed by atoms with Crippen LogP contribution in [0.4, 0.5) is 0 Å². The number of unbranched alkanes of at least 4 members (excludes halogenated alkanes) is 3. The summed E-state index contributed by atoms with van der Waals surface area (Å²) >= 11 is 0. The molecule has 0 aliphatic heterocycles. The lowest BCUT2D eigenvalue weighted by atomic mass is 10.2. The van der Waals surface area contributed by atoms with E-state index in [9.17, 15) is 0 Å². The summed E-state index contributed by atoms with van der Waals surface area (Å²) in [7, 11) is 0.325. The second-order valence-corrected chi connectivity index (χ2v) is 6.01. The predicted molar refractivity (Wildman–Crippen MR) is 62.3 cm³/mol. The van der Waals surface area contributed by atoms with Crippen molar-refractivity contribution in [3.05, 3.63) is 0 Å². The highest BCUT2D eigenvalue weighted by atomic mass is 28.2. The van der Waals surface area contributed by atoms with Gasteiger partial charge >= 0.3 is 0 Å². The van der Waals surface area contributed by atoms with E-state index < -0.39 is 0 Å². The van der Waals surface area contributed by atoms with Gasteiger partial charge in [-0.3, -0.25) is 0 Å². The van der Waals surface area contributed by atoms with E-state index in [1.54, 1.807) is 6.04 Å². The molecule has 0 aromatic carbocycles. The zero-order chi connectivity index (χ0) is 9.78. The molecule has 2 nitrogen and oxygen atoms in total. The van der Waals surface area contributed by atoms with Crippen molar-refractivity contribution in [2.24, 2.45) is 0 Å². The Bertz CT molecular complexity index is 81.0. The van der Waals surface area contributed by atoms with Crippen molar-refractivity contribution >= 4 is 9.52 Å². The molecule has 0 saturated carbocycles. The van der Waals surface area contributed by atoms with Crippen molar-refractivity contribution in [1.29, 1.82) is 0 Å². The molecular weight excluding hydrogens is 178 g/mol. The molecule has 2 N–H and O–H groups in total. The molecule has 0 unspecified atom stereocenters. The van der Waals surface area contributed by atoms with Crippen molar-refractivity contribution in [3.63, 3.8) is 0 Å². The normalized spacial score (nSPS) is 11.5. The van der Waals surface area contributed by atoms with Crippen LogP contribution in [0.5, 0.6) is 0 Å². The number of rotatable bonds is 10. The van der Waals surface area contributed by atoms with E-state index in [1.807, 2.05) is 0 Å². The van der Waals surface area contributed by atoms with Gasteiger partial charge < -0.3 is 10.4 Å². The standard InChI is InChI=1S/C10H25NOSi/c1-2-13-10-6-4-3-5-7-11-8-9-12/h11-12H,2-10,13H2,1H3. The van der Waals surface area contributed by atoms with E-state index in [0.29, 0.717) is 9.52 Å². The van der Waals surface area contributed by atoms with Gasteiger partial charge in [0.25, 0.3) is 0 Å². The fraction of sp³-hybridized carbons (Fsp3) is 1.00. The van der Waals surface area contributed by atoms with Crippen molar-refractivity contribution in [2.45, 2.75) is 44.7 Å². The summed E-state index contributed by atoms with van der Waals surface area (Å²) in [6, 6.07) is 3.01. The molecule has 13 heavy (non-hydrogen) atoms. The highest BCUT2D eigenvalue weighted by Gasteiger charge is 1.90. The van der Waals surface area contributed by atoms with Crippen LogP contribution in [0.25, 0.3) is 0 Å². The molecule has 0 rings (SSSR count). The van der Waals surface area contributed by atoms with Crippen LogP contribution in [0.15, 0.2) is 0 Å². The van der Waals surface area contributed by atoms with Gasteiger partial charge in [-0.2, -0.15) is 0 Å². The molecule has 0 radical (unpaired) electrons. The molecule has 0 aliphatic carbocycles. The molecular formula is C10H25NOSi. The van der Waals surface area contributed by atoms with Gasteiger partial charge in [-0.25, -0.2) is 0 Å². The first-order valence-corrected chi connectivity index (χ1v) is 7.73. The Morgan fingerprint density at radius 3 is 2.54 bits per heavy atom. The molecule has 0 amide bonds. The van der Waals surface area contributed by atoms with Gasteiger partial charge in [-0.05, 0) is 13.0 Å². The number of aliphatic hydroxyl groups is 1. The summed E-state index contributed by atoms with van der Waals surface area (Å²) in [5.41, 5.74) is 0. The largest absolute Gasteiger partial charge is 0.395 e. The lowest BCUT2D eigenvalue weighted by Crippen LogP contribution is -2.19. The van der Waals surface area contributed by atoms with Crippen LogP contribution in [0, 0.1) is 0 Å². The fourth-order valence-electron chi connectivity index (χ4n) is 1.41. The van der Waals surface area contributed by atoms with Crippen LogP contribution in [-0.4, -0.2) is 34.3 Å². The first-order valence-electron chi connectivity index (χ1n) is 5.73. The maximum atomic E-state index is 8.51. The molecule has 0 aliphatic rings. The molecule has 3 heteroatoms. The van der Waals surface area contributed by atoms with E-state index in [1.165, 1.54) is 31.7 Å². The maximum absolute atomic E-state index is 8.51. The van der Waals surface area contributed by atoms with Crippen molar-refractivity contribution in [3.8, 4) is 0 Å². The van der Waals surface area contributed by atoms with Gasteiger partial charge in [0.15, 0.2) is 0 Å². The minimum absolute atomic E-state index is 0.266. The van der Waals surface area contributed by atoms with Gasteiger partial charge in [0.2, 0.25) is 0 Å². The zero-order valence-corrected chi connectivity index (χ0v) is 10.4. The molecule has 80 valence electrons. The average molecular weight is 203 g/mol. The molecule has 0 saturated heterocycles. The third-order valence-corrected chi connectivity index (χ3v) is 3.95. The van der Waals surface area contributed by atoms with E-state index >= 15 is 0 Å². The molecule has 0 bridgehead atoms. The van der Waals surface area contributed by atoms with Crippen molar-refractivity contribution in [1.82, 2.24) is 5.32 Å². The first kappa shape index (κ1) is 13.1. The number of aliphatic hydroxyl groups excluding tert-OH is 1. The Morgan fingerprint density at radius 2 is 1.85 bits per heavy atom. The smallest absolute Gasteiger partial charge is 0.0555 e. The molecule has 0 fully saturated rings. The van der Waals surface area contributed by atoms with Gasteiger partial charge in [0.05, 0.1) is 6.61 Å². The fourth-order valence-corrected chi connectivity index (χ4v) is 2.62. The van der Waals surface area contributed by atoms with Crippen LogP contribution in [0.1, 0.15) is 32.6 Å². The quantitative estimate of drug-likeness (QED) is 0.412. The molecule has 0 heterocycles. The Balaban J connectivity index is 2.76. The Morgan fingerprint density at radius 1 is 1.08 bits per heavy atom. The summed E-state index contributed by atoms with van der Waals surface area (Å²) < 4.78 is 0. The number of hydrogen-bond donors (Lipinski definition) is 2. The summed E-state index contributed by atoms with van der Waals surface area (Å²) in [4.78, 5) is 0. The summed E-state index contributed by atoms with van der Waals surface area (Å²) in [6.07, 6.45) is 5.50. The molecule has 0 atom stereocenters. The second kappa shape index (κ2) is 12.1. The van der Waals surface area contributed by atoms with Crippen LogP contribution >= 0.6 is 0 Å². The monoisotopic (exact) mass is 203 g/mol. The van der Waals surface area contributed by atoms with E-state index in [4.69, 9.17) is 5.11 Å². The average Bonchev–Trinajstić information content (AvgIpc) is 2.16. The minimum atomic E-state index is 0.266. The second-order valence-electron chi connectivity index (χ2n) is 3.59. The summed E-state index contributed by atoms with van der Waals surface area (Å²) in [6.45, 7) is 4.40. The van der Waals surface area contributed by atoms with E-state index in [-0.39, 0.29) is 6.61 Å². The summed E-state index contributed by atoms with van der Waals surface area (Å²) in [5.74, 6) is 0. The van der Waals surface area contributed by atoms with Gasteiger partial charge in [0, 0.05) is 16.1 Å². The highest BCUT2D eigenvalue weighted by molar-refractivity contribution is 6.35. The third kappa shape index (κ3) is 12.1. The number of nitrogens with one attached hydrogen (secondary N) is 1. The van der Waals surface area contributed by atoms with Gasteiger partial charge in [0.1, 0.15) is 0 Å². The van der Waals surface area contributed by atoms with E-state index in [2.05, 4.69) is 12.2 Å². The minimum Gasteiger partial charge on any atom is -0.395 e. The van der Waals surface area contributed by atoms with Gasteiger partial charge in [-0.15, -0.1) is 0 Å².